The Labute approximate surface area is 93.5 Å². The number of nitrogens with zero attached hydrogens (tertiary/aromatic N) is 1. The lowest BCUT2D eigenvalue weighted by atomic mass is 10.1. The van der Waals surface area contributed by atoms with Gasteiger partial charge in [0.2, 0.25) is 0 Å². The quantitative estimate of drug-likeness (QED) is 0.434. The number of ketones is 1. The first-order valence-electron chi connectivity index (χ1n) is 4.33. The predicted octanol–water partition coefficient (Wildman–Crippen LogP) is 2.37. The van der Waals surface area contributed by atoms with E-state index in [0.29, 0.717) is 5.56 Å². The second kappa shape index (κ2) is 5.86. The summed E-state index contributed by atoms with van der Waals surface area (Å²) in [7, 11) is 0. The highest BCUT2D eigenvalue weighted by Crippen LogP contribution is 2.05. The van der Waals surface area contributed by atoms with Crippen molar-refractivity contribution in [2.75, 3.05) is 5.88 Å². The molecule has 0 aromatic heterocycles. The molecule has 0 amide bonds. The molecule has 0 radical (unpaired) electrons. The lowest BCUT2D eigenvalue weighted by molar-refractivity contribution is 0.0998. The molecule has 0 fully saturated rings. The maximum atomic E-state index is 11.3. The van der Waals surface area contributed by atoms with Gasteiger partial charge in [0.15, 0.2) is 5.78 Å². The van der Waals surface area contributed by atoms with Gasteiger partial charge in [-0.2, -0.15) is 5.26 Å². The van der Waals surface area contributed by atoms with Crippen LogP contribution in [0.1, 0.15) is 22.3 Å². The summed E-state index contributed by atoms with van der Waals surface area (Å²) < 4.78 is 0. The van der Waals surface area contributed by atoms with Gasteiger partial charge in [-0.1, -0.05) is 24.0 Å². The van der Waals surface area contributed by atoms with Crippen molar-refractivity contribution in [3.8, 4) is 17.9 Å². The molecular weight excluding hydrogens is 210 g/mol. The molecule has 0 aliphatic heterocycles. The van der Waals surface area contributed by atoms with Crippen LogP contribution in [0.25, 0.3) is 0 Å². The van der Waals surface area contributed by atoms with Gasteiger partial charge >= 0.3 is 0 Å². The molecule has 1 rings (SSSR count). The Bertz CT molecular complexity index is 445. The highest BCUT2D eigenvalue weighted by Gasteiger charge is 2.03. The van der Waals surface area contributed by atoms with Gasteiger partial charge in [-0.3, -0.25) is 4.79 Å². The summed E-state index contributed by atoms with van der Waals surface area (Å²) in [5, 5.41) is 8.36. The van der Waals surface area contributed by atoms with Gasteiger partial charge in [0.25, 0.3) is 0 Å². The second-order valence-corrected chi connectivity index (χ2v) is 3.04. The van der Waals surface area contributed by atoms with Gasteiger partial charge in [-0.15, -0.1) is 11.6 Å². The highest BCUT2D eigenvalue weighted by molar-refractivity contribution is 6.19. The van der Waals surface area contributed by atoms with Crippen molar-refractivity contribution < 1.29 is 4.79 Å². The van der Waals surface area contributed by atoms with Crippen LogP contribution in [-0.4, -0.2) is 11.7 Å². The Balaban J connectivity index is 2.81. The number of Topliss-reactive ketones (excluding diaryl/α,β-unsaturated/α-hetero) is 1. The molecule has 0 atom stereocenters. The molecule has 0 saturated heterocycles. The molecule has 0 spiro atoms. The predicted molar refractivity (Wildman–Crippen MR) is 58.6 cm³/mol. The minimum atomic E-state index is -0.172. The van der Waals surface area contributed by atoms with Crippen LogP contribution in [0.4, 0.5) is 0 Å². The summed E-state index contributed by atoms with van der Waals surface area (Å²) >= 11 is 5.41. The number of hydrogen-bond acceptors (Lipinski definition) is 2. The van der Waals surface area contributed by atoms with Crippen molar-refractivity contribution >= 4 is 17.4 Å². The minimum Gasteiger partial charge on any atom is -0.293 e. The molecule has 0 aliphatic rings. The largest absolute Gasteiger partial charge is 0.293 e. The molecule has 74 valence electrons. The van der Waals surface area contributed by atoms with Gasteiger partial charge < -0.3 is 0 Å². The number of carbonyl (C=O) groups excluding carboxylic acids is 1. The van der Waals surface area contributed by atoms with Gasteiger partial charge in [-0.25, -0.2) is 0 Å². The van der Waals surface area contributed by atoms with Crippen molar-refractivity contribution in [2.24, 2.45) is 0 Å². The smallest absolute Gasteiger partial charge is 0.176 e. The van der Waals surface area contributed by atoms with E-state index in [1.165, 1.54) is 0 Å². The van der Waals surface area contributed by atoms with E-state index >= 15 is 0 Å². The van der Waals surface area contributed by atoms with Crippen LogP contribution in [0, 0.1) is 23.2 Å². The zero-order valence-corrected chi connectivity index (χ0v) is 8.71. The number of halogens is 1. The number of nitriles is 1. The number of benzene rings is 1. The summed E-state index contributed by atoms with van der Waals surface area (Å²) in [6.45, 7) is 0. The van der Waals surface area contributed by atoms with Gasteiger partial charge in [0.05, 0.1) is 18.4 Å². The zero-order valence-electron chi connectivity index (χ0n) is 7.96. The molecule has 2 nitrogen and oxygen atoms in total. The van der Waals surface area contributed by atoms with E-state index in [1.54, 1.807) is 24.3 Å². The minimum absolute atomic E-state index is 0.0906. The van der Waals surface area contributed by atoms with E-state index in [0.717, 1.165) is 5.56 Å². The first-order chi connectivity index (χ1) is 7.27. The Morgan fingerprint density at radius 2 is 2.00 bits per heavy atom. The van der Waals surface area contributed by atoms with Crippen molar-refractivity contribution in [3.63, 3.8) is 0 Å². The fourth-order valence-corrected chi connectivity index (χ4v) is 1.12. The molecule has 1 aromatic carbocycles. The summed E-state index contributed by atoms with van der Waals surface area (Å²) in [6.07, 6.45) is -0.0906. The topological polar surface area (TPSA) is 40.9 Å². The third-order valence-corrected chi connectivity index (χ3v) is 1.88. The maximum absolute atomic E-state index is 11.3. The molecule has 0 unspecified atom stereocenters. The Morgan fingerprint density at radius 3 is 2.53 bits per heavy atom. The van der Waals surface area contributed by atoms with Crippen molar-refractivity contribution in [1.82, 2.24) is 0 Å². The van der Waals surface area contributed by atoms with Gasteiger partial charge in [0, 0.05) is 11.1 Å². The summed E-state index contributed by atoms with van der Waals surface area (Å²) in [4.78, 5) is 11.3. The van der Waals surface area contributed by atoms with Crippen molar-refractivity contribution in [1.29, 1.82) is 5.26 Å². The zero-order chi connectivity index (χ0) is 11.1. The Hall–Kier alpha value is -1.77. The average molecular weight is 218 g/mol. The molecule has 0 N–H and O–H groups in total. The monoisotopic (exact) mass is 217 g/mol. The van der Waals surface area contributed by atoms with E-state index in [2.05, 4.69) is 11.8 Å². The van der Waals surface area contributed by atoms with Crippen LogP contribution in [0.5, 0.6) is 0 Å². The standard InChI is InChI=1S/C12H8ClNO/c13-8-1-2-10-3-5-11(6-4-10)12(15)7-9-14/h3-6H,7-8H2. The third-order valence-electron chi connectivity index (χ3n) is 1.75. The molecular formula is C12H8ClNO. The second-order valence-electron chi connectivity index (χ2n) is 2.77. The molecule has 0 aliphatic carbocycles. The Morgan fingerprint density at radius 1 is 1.33 bits per heavy atom. The van der Waals surface area contributed by atoms with Crippen LogP contribution in [0.2, 0.25) is 0 Å². The molecule has 3 heteroatoms. The molecule has 0 saturated carbocycles. The van der Waals surface area contributed by atoms with E-state index < -0.39 is 0 Å². The van der Waals surface area contributed by atoms with Crippen LogP contribution in [-0.2, 0) is 0 Å². The fourth-order valence-electron chi connectivity index (χ4n) is 1.05. The maximum Gasteiger partial charge on any atom is 0.176 e. The van der Waals surface area contributed by atoms with E-state index in [-0.39, 0.29) is 18.1 Å². The lowest BCUT2D eigenvalue weighted by Gasteiger charge is -1.96. The normalized spacial score (nSPS) is 8.53. The van der Waals surface area contributed by atoms with E-state index in [4.69, 9.17) is 16.9 Å². The number of rotatable bonds is 2. The van der Waals surface area contributed by atoms with Crippen LogP contribution in [0.15, 0.2) is 24.3 Å². The first kappa shape index (κ1) is 11.3. The molecule has 0 heterocycles. The van der Waals surface area contributed by atoms with Crippen molar-refractivity contribution in [3.05, 3.63) is 35.4 Å². The summed E-state index contributed by atoms with van der Waals surface area (Å²) in [5.74, 6) is 5.67. The van der Waals surface area contributed by atoms with Crippen LogP contribution in [0.3, 0.4) is 0 Å². The van der Waals surface area contributed by atoms with E-state index in [9.17, 15) is 4.79 Å². The highest BCUT2D eigenvalue weighted by atomic mass is 35.5. The average Bonchev–Trinajstić information content (AvgIpc) is 2.27. The van der Waals surface area contributed by atoms with E-state index in [1.807, 2.05) is 6.07 Å². The lowest BCUT2D eigenvalue weighted by Crippen LogP contribution is -1.96. The summed E-state index contributed by atoms with van der Waals surface area (Å²) in [6, 6.07) is 8.63. The number of alkyl halides is 1. The van der Waals surface area contributed by atoms with Gasteiger partial charge in [-0.05, 0) is 12.1 Å². The van der Waals surface area contributed by atoms with Crippen LogP contribution >= 0.6 is 11.6 Å². The molecule has 1 aromatic rings. The SMILES string of the molecule is N#CCC(=O)c1ccc(C#CCCl)cc1. The number of carbonyl (C=O) groups is 1. The molecule has 15 heavy (non-hydrogen) atoms. The Kier molecular flexibility index (Phi) is 4.41. The van der Waals surface area contributed by atoms with Crippen molar-refractivity contribution in [2.45, 2.75) is 6.42 Å². The fraction of sp³-hybridized carbons (Fsp3) is 0.167. The van der Waals surface area contributed by atoms with Gasteiger partial charge in [0.1, 0.15) is 0 Å². The number of hydrogen-bond donors (Lipinski definition) is 0. The van der Waals surface area contributed by atoms with Crippen LogP contribution < -0.4 is 0 Å². The first-order valence-corrected chi connectivity index (χ1v) is 4.86. The third kappa shape index (κ3) is 3.46. The summed E-state index contributed by atoms with van der Waals surface area (Å²) in [5.41, 5.74) is 1.34. The molecule has 0 bridgehead atoms.